The standard InChI is InChI=1S/C6H9NO3S2/c1-12(9,10)4-6-7-5(2-8)3-11-6/h3,8H,2,4H2,1H3. The summed E-state index contributed by atoms with van der Waals surface area (Å²) in [5, 5.41) is 10.8. The molecule has 0 spiro atoms. The van der Waals surface area contributed by atoms with Crippen molar-refractivity contribution in [2.45, 2.75) is 12.4 Å². The fourth-order valence-corrected chi connectivity index (χ4v) is 2.71. The molecule has 0 aliphatic heterocycles. The minimum atomic E-state index is -3.01. The van der Waals surface area contributed by atoms with Crippen LogP contribution in [0.5, 0.6) is 0 Å². The predicted molar refractivity (Wildman–Crippen MR) is 46.6 cm³/mol. The smallest absolute Gasteiger partial charge is 0.153 e. The lowest BCUT2D eigenvalue weighted by atomic mass is 10.5. The summed E-state index contributed by atoms with van der Waals surface area (Å²) in [6.45, 7) is -0.139. The van der Waals surface area contributed by atoms with Gasteiger partial charge in [0.05, 0.1) is 12.3 Å². The quantitative estimate of drug-likeness (QED) is 0.767. The summed E-state index contributed by atoms with van der Waals surface area (Å²) in [6.07, 6.45) is 1.16. The number of aliphatic hydroxyl groups is 1. The molecule has 0 saturated heterocycles. The van der Waals surface area contributed by atoms with Gasteiger partial charge in [0.25, 0.3) is 0 Å². The van der Waals surface area contributed by atoms with Gasteiger partial charge in [-0.1, -0.05) is 0 Å². The molecule has 12 heavy (non-hydrogen) atoms. The molecule has 0 amide bonds. The van der Waals surface area contributed by atoms with Crippen molar-refractivity contribution in [2.24, 2.45) is 0 Å². The number of nitrogens with zero attached hydrogens (tertiary/aromatic N) is 1. The van der Waals surface area contributed by atoms with E-state index in [-0.39, 0.29) is 12.4 Å². The van der Waals surface area contributed by atoms with Crippen molar-refractivity contribution in [3.63, 3.8) is 0 Å². The molecule has 0 radical (unpaired) electrons. The van der Waals surface area contributed by atoms with Gasteiger partial charge in [-0.2, -0.15) is 0 Å². The highest BCUT2D eigenvalue weighted by atomic mass is 32.2. The Hall–Kier alpha value is -0.460. The van der Waals surface area contributed by atoms with Gasteiger partial charge in [0, 0.05) is 11.6 Å². The van der Waals surface area contributed by atoms with E-state index in [0.29, 0.717) is 10.7 Å². The van der Waals surface area contributed by atoms with E-state index >= 15 is 0 Å². The maximum atomic E-state index is 10.8. The number of thiazole rings is 1. The maximum Gasteiger partial charge on any atom is 0.153 e. The average Bonchev–Trinajstić information content (AvgIpc) is 2.32. The first-order valence-corrected chi connectivity index (χ1v) is 6.17. The van der Waals surface area contributed by atoms with Gasteiger partial charge in [-0.3, -0.25) is 0 Å². The molecule has 6 heteroatoms. The monoisotopic (exact) mass is 207 g/mol. The molecule has 0 atom stereocenters. The number of hydrogen-bond acceptors (Lipinski definition) is 5. The minimum Gasteiger partial charge on any atom is -0.390 e. The Morgan fingerprint density at radius 2 is 2.33 bits per heavy atom. The summed E-state index contributed by atoms with van der Waals surface area (Å²) in [4.78, 5) is 3.90. The zero-order chi connectivity index (χ0) is 9.19. The van der Waals surface area contributed by atoms with E-state index in [4.69, 9.17) is 5.11 Å². The van der Waals surface area contributed by atoms with E-state index in [0.717, 1.165) is 6.26 Å². The molecule has 1 aromatic rings. The largest absolute Gasteiger partial charge is 0.390 e. The first-order valence-electron chi connectivity index (χ1n) is 3.23. The van der Waals surface area contributed by atoms with E-state index in [1.165, 1.54) is 11.3 Å². The van der Waals surface area contributed by atoms with E-state index in [9.17, 15) is 8.42 Å². The van der Waals surface area contributed by atoms with Crippen molar-refractivity contribution in [1.29, 1.82) is 0 Å². The summed E-state index contributed by atoms with van der Waals surface area (Å²) in [5.74, 6) is -0.0440. The van der Waals surface area contributed by atoms with Crippen molar-refractivity contribution in [3.8, 4) is 0 Å². The fourth-order valence-electron chi connectivity index (χ4n) is 0.712. The topological polar surface area (TPSA) is 67.3 Å². The zero-order valence-corrected chi connectivity index (χ0v) is 8.15. The van der Waals surface area contributed by atoms with E-state index in [2.05, 4.69) is 4.98 Å². The van der Waals surface area contributed by atoms with E-state index in [1.807, 2.05) is 0 Å². The second kappa shape index (κ2) is 3.51. The first-order chi connectivity index (χ1) is 5.51. The van der Waals surface area contributed by atoms with Crippen LogP contribution in [0.25, 0.3) is 0 Å². The van der Waals surface area contributed by atoms with Crippen molar-refractivity contribution < 1.29 is 13.5 Å². The molecule has 1 heterocycles. The maximum absolute atomic E-state index is 10.8. The SMILES string of the molecule is CS(=O)(=O)Cc1nc(CO)cs1. The second-order valence-corrected chi connectivity index (χ2v) is 5.54. The molecular formula is C6H9NO3S2. The van der Waals surface area contributed by atoms with Crippen molar-refractivity contribution in [3.05, 3.63) is 16.1 Å². The minimum absolute atomic E-state index is 0.0440. The third-order valence-corrected chi connectivity index (χ3v) is 3.03. The van der Waals surface area contributed by atoms with Crippen molar-refractivity contribution in [1.82, 2.24) is 4.98 Å². The molecule has 0 aliphatic rings. The molecule has 0 unspecified atom stereocenters. The molecular weight excluding hydrogens is 198 g/mol. The molecule has 68 valence electrons. The van der Waals surface area contributed by atoms with Crippen LogP contribution in [-0.2, 0) is 22.2 Å². The Morgan fingerprint density at radius 1 is 1.67 bits per heavy atom. The highest BCUT2D eigenvalue weighted by Gasteiger charge is 2.08. The highest BCUT2D eigenvalue weighted by Crippen LogP contribution is 2.12. The van der Waals surface area contributed by atoms with Crippen molar-refractivity contribution in [2.75, 3.05) is 6.26 Å². The average molecular weight is 207 g/mol. The zero-order valence-electron chi connectivity index (χ0n) is 6.52. The predicted octanol–water partition coefficient (Wildman–Crippen LogP) is 0.180. The van der Waals surface area contributed by atoms with Gasteiger partial charge in [0.1, 0.15) is 10.8 Å². The van der Waals surface area contributed by atoms with Crippen LogP contribution in [0.3, 0.4) is 0 Å². The highest BCUT2D eigenvalue weighted by molar-refractivity contribution is 7.90. The summed E-state index contributed by atoms with van der Waals surface area (Å²) >= 11 is 1.25. The molecule has 0 aliphatic carbocycles. The molecule has 4 nitrogen and oxygen atoms in total. The van der Waals surface area contributed by atoms with Gasteiger partial charge in [-0.25, -0.2) is 13.4 Å². The Bertz CT molecular complexity index is 355. The van der Waals surface area contributed by atoms with Gasteiger partial charge in [-0.05, 0) is 0 Å². The van der Waals surface area contributed by atoms with Crippen LogP contribution >= 0.6 is 11.3 Å². The van der Waals surface area contributed by atoms with E-state index in [1.54, 1.807) is 5.38 Å². The van der Waals surface area contributed by atoms with Gasteiger partial charge >= 0.3 is 0 Å². The van der Waals surface area contributed by atoms with Crippen LogP contribution in [0.1, 0.15) is 10.7 Å². The van der Waals surface area contributed by atoms with Gasteiger partial charge < -0.3 is 5.11 Å². The van der Waals surface area contributed by atoms with Crippen LogP contribution in [-0.4, -0.2) is 24.8 Å². The Kier molecular flexibility index (Phi) is 2.81. The second-order valence-electron chi connectivity index (χ2n) is 2.46. The molecule has 1 aromatic heterocycles. The fraction of sp³-hybridized carbons (Fsp3) is 0.500. The van der Waals surface area contributed by atoms with E-state index < -0.39 is 9.84 Å². The van der Waals surface area contributed by atoms with Crippen LogP contribution < -0.4 is 0 Å². The number of sulfone groups is 1. The van der Waals surface area contributed by atoms with Crippen molar-refractivity contribution >= 4 is 21.2 Å². The number of aliphatic hydroxyl groups excluding tert-OH is 1. The molecule has 0 aromatic carbocycles. The number of aromatic nitrogens is 1. The molecule has 0 bridgehead atoms. The molecule has 0 saturated carbocycles. The van der Waals surface area contributed by atoms with Gasteiger partial charge in [-0.15, -0.1) is 11.3 Å². The van der Waals surface area contributed by atoms with Gasteiger partial charge in [0.2, 0.25) is 0 Å². The van der Waals surface area contributed by atoms with Crippen LogP contribution in [0.15, 0.2) is 5.38 Å². The van der Waals surface area contributed by atoms with Crippen LogP contribution in [0, 0.1) is 0 Å². The van der Waals surface area contributed by atoms with Gasteiger partial charge in [0.15, 0.2) is 9.84 Å². The molecule has 0 fully saturated rings. The Balaban J connectivity index is 2.78. The number of hydrogen-bond donors (Lipinski definition) is 1. The number of rotatable bonds is 3. The lowest BCUT2D eigenvalue weighted by Gasteiger charge is -1.91. The first kappa shape index (κ1) is 9.63. The summed E-state index contributed by atoms with van der Waals surface area (Å²) in [7, 11) is -3.01. The molecule has 1 N–H and O–H groups in total. The third kappa shape index (κ3) is 2.88. The summed E-state index contributed by atoms with van der Waals surface area (Å²) in [6, 6.07) is 0. The molecule has 1 rings (SSSR count). The van der Waals surface area contributed by atoms with Crippen LogP contribution in [0.4, 0.5) is 0 Å². The Morgan fingerprint density at radius 3 is 2.75 bits per heavy atom. The Labute approximate surface area is 74.8 Å². The lowest BCUT2D eigenvalue weighted by Crippen LogP contribution is -2.00. The summed E-state index contributed by atoms with van der Waals surface area (Å²) < 4.78 is 21.6. The normalized spacial score (nSPS) is 11.8. The third-order valence-electron chi connectivity index (χ3n) is 1.15. The summed E-state index contributed by atoms with van der Waals surface area (Å²) in [5.41, 5.74) is 0.527. The van der Waals surface area contributed by atoms with Crippen LogP contribution in [0.2, 0.25) is 0 Å². The lowest BCUT2D eigenvalue weighted by molar-refractivity contribution is 0.277.